The molecule has 8 rings (SSSR count). The molecule has 0 spiro atoms. The summed E-state index contributed by atoms with van der Waals surface area (Å²) in [6.07, 6.45) is 9.24. The van der Waals surface area contributed by atoms with Crippen LogP contribution in [0.4, 0.5) is 0 Å². The Bertz CT molecular complexity index is 2610. The standard InChI is InChI=1S/C33H33.C21H26.C5H5.2ClH.Hf/c1-32(2,3)30-20-26-24(18-28(30)22-13-9-7-10-14-22)17-25-19-29(23-15-11-8-12-16-23)31(21-27(25)26)33(4,5)6;1-20(2,3)18-11-7-16(8-12-18)15-17-9-13-19(14-10-17)21(4,5)6;1-2-4-5-3-1;;;/h7-16,18,20-21H,17H2,1-6H3;7-14H,1-6H3;1-3H,4H2;2*1H;. The van der Waals surface area contributed by atoms with Crippen molar-refractivity contribution < 1.29 is 21.0 Å². The largest absolute Gasteiger partial charge is 0.147 e. The average molecular weight is 1020 g/mol. The summed E-state index contributed by atoms with van der Waals surface area (Å²) in [5.74, 6) is 0. The minimum absolute atomic E-state index is 0. The summed E-state index contributed by atoms with van der Waals surface area (Å²) >= 11 is -3.40. The van der Waals surface area contributed by atoms with Crippen LogP contribution >= 0.6 is 24.8 Å². The van der Waals surface area contributed by atoms with Crippen molar-refractivity contribution in [3.8, 4) is 33.4 Å². The summed E-state index contributed by atoms with van der Waals surface area (Å²) in [5, 5.41) is 0. The second kappa shape index (κ2) is 17.9. The SMILES string of the molecule is CC(C)(C)c1ccc([C](c2ccc(C(C)(C)C)cc2)=[Hf]([C]2=CC=CC2)[c]2c3c(cc(C(C)(C)C)c2-c2ccccc2)-c2cc(C(C)(C)C)c(-c4ccccc4)cc2C3)cc1.Cl.Cl. The quantitative estimate of drug-likeness (QED) is 0.146. The molecule has 0 nitrogen and oxygen atoms in total. The molecule has 0 saturated carbocycles. The summed E-state index contributed by atoms with van der Waals surface area (Å²) in [7, 11) is 0. The van der Waals surface area contributed by atoms with Crippen molar-refractivity contribution >= 4 is 31.4 Å². The first kappa shape index (κ1) is 47.6. The van der Waals surface area contributed by atoms with Gasteiger partial charge in [0.05, 0.1) is 0 Å². The zero-order chi connectivity index (χ0) is 42.8. The molecule has 2 aliphatic rings. The van der Waals surface area contributed by atoms with E-state index in [1.807, 2.05) is 0 Å². The molecule has 0 aliphatic heterocycles. The van der Waals surface area contributed by atoms with Gasteiger partial charge in [-0.2, -0.15) is 0 Å². The van der Waals surface area contributed by atoms with E-state index in [4.69, 9.17) is 0 Å². The molecule has 0 unspecified atom stereocenters. The molecule has 6 aromatic rings. The van der Waals surface area contributed by atoms with Crippen LogP contribution in [0.1, 0.15) is 134 Å². The Hall–Kier alpha value is -3.88. The van der Waals surface area contributed by atoms with E-state index in [2.05, 4.69) is 229 Å². The van der Waals surface area contributed by atoms with Crippen molar-refractivity contribution in [2.75, 3.05) is 0 Å². The number of hydrogen-bond donors (Lipinski definition) is 0. The van der Waals surface area contributed by atoms with Crippen molar-refractivity contribution in [3.05, 3.63) is 193 Å². The Labute approximate surface area is 393 Å². The van der Waals surface area contributed by atoms with Gasteiger partial charge < -0.3 is 0 Å². The molecule has 0 heterocycles. The van der Waals surface area contributed by atoms with Crippen LogP contribution in [0.25, 0.3) is 33.4 Å². The topological polar surface area (TPSA) is 0 Å². The fraction of sp³-hybridized carbons (Fsp3) is 0.305. The third kappa shape index (κ3) is 9.34. The molecule has 3 heteroatoms. The predicted molar refractivity (Wildman–Crippen MR) is 272 cm³/mol. The van der Waals surface area contributed by atoms with Crippen LogP contribution in [0.15, 0.2) is 149 Å². The van der Waals surface area contributed by atoms with E-state index in [0.29, 0.717) is 0 Å². The molecule has 0 saturated heterocycles. The Morgan fingerprint density at radius 1 is 0.484 bits per heavy atom. The molecule has 320 valence electrons. The Kier molecular flexibility index (Phi) is 13.8. The van der Waals surface area contributed by atoms with Gasteiger partial charge in [0.25, 0.3) is 0 Å². The second-order valence-corrected chi connectivity index (χ2v) is 30.0. The molecule has 62 heavy (non-hydrogen) atoms. The molecule has 0 atom stereocenters. The van der Waals surface area contributed by atoms with Crippen LogP contribution in [0.2, 0.25) is 0 Å². The van der Waals surface area contributed by atoms with E-state index in [-0.39, 0.29) is 46.5 Å². The van der Waals surface area contributed by atoms with E-state index in [1.54, 1.807) is 15.5 Å². The number of allylic oxidation sites excluding steroid dienone is 4. The summed E-state index contributed by atoms with van der Waals surface area (Å²) < 4.78 is 4.93. The van der Waals surface area contributed by atoms with Crippen molar-refractivity contribution in [3.63, 3.8) is 0 Å². The monoisotopic (exact) mass is 1020 g/mol. The van der Waals surface area contributed by atoms with Crippen molar-refractivity contribution in [1.29, 1.82) is 0 Å². The molecule has 6 aromatic carbocycles. The number of benzene rings is 6. The van der Waals surface area contributed by atoms with Gasteiger partial charge in [-0.25, -0.2) is 0 Å². The maximum Gasteiger partial charge on any atom is -0.147 e. The Balaban J connectivity index is 0.00000321. The van der Waals surface area contributed by atoms with Crippen LogP contribution in [0.3, 0.4) is 0 Å². The predicted octanol–water partition coefficient (Wildman–Crippen LogP) is 16.0. The summed E-state index contributed by atoms with van der Waals surface area (Å²) in [6, 6.07) is 49.8. The molecule has 0 N–H and O–H groups in total. The minimum Gasteiger partial charge on any atom is -0.147 e. The van der Waals surface area contributed by atoms with Crippen molar-refractivity contribution in [2.45, 2.75) is 118 Å². The summed E-state index contributed by atoms with van der Waals surface area (Å²) in [5.41, 5.74) is 19.8. The van der Waals surface area contributed by atoms with Gasteiger partial charge in [0.2, 0.25) is 0 Å². The molecule has 2 aliphatic carbocycles. The number of hydrogen-bond acceptors (Lipinski definition) is 0. The maximum absolute atomic E-state index is 3.40. The Morgan fingerprint density at radius 2 is 0.968 bits per heavy atom. The first-order valence-corrected chi connectivity index (χ1v) is 27.5. The van der Waals surface area contributed by atoms with Gasteiger partial charge in [0.1, 0.15) is 0 Å². The molecular formula is C59H66Cl2Hf. The smallest absolute Gasteiger partial charge is 0.147 e. The van der Waals surface area contributed by atoms with Crippen molar-refractivity contribution in [2.24, 2.45) is 0 Å². The van der Waals surface area contributed by atoms with Crippen LogP contribution in [0, 0.1) is 0 Å². The van der Waals surface area contributed by atoms with Gasteiger partial charge in [0.15, 0.2) is 0 Å². The van der Waals surface area contributed by atoms with Gasteiger partial charge in [-0.1, -0.05) is 0 Å². The van der Waals surface area contributed by atoms with Gasteiger partial charge in [0, 0.05) is 0 Å². The molecule has 0 radical (unpaired) electrons. The van der Waals surface area contributed by atoms with E-state index in [9.17, 15) is 0 Å². The number of fused-ring (bicyclic) bond motifs is 3. The molecule has 0 amide bonds. The van der Waals surface area contributed by atoms with E-state index >= 15 is 0 Å². The average Bonchev–Trinajstić information content (AvgIpc) is 3.87. The fourth-order valence-corrected chi connectivity index (χ4v) is 21.8. The van der Waals surface area contributed by atoms with E-state index < -0.39 is 21.0 Å². The summed E-state index contributed by atoms with van der Waals surface area (Å²) in [6.45, 7) is 28.4. The summed E-state index contributed by atoms with van der Waals surface area (Å²) in [4.78, 5) is 0. The van der Waals surface area contributed by atoms with Gasteiger partial charge in [-0.3, -0.25) is 0 Å². The van der Waals surface area contributed by atoms with Crippen LogP contribution in [-0.2, 0) is 49.0 Å². The maximum atomic E-state index is 2.63. The van der Waals surface area contributed by atoms with Crippen LogP contribution in [-0.4, -0.2) is 3.26 Å². The third-order valence-electron chi connectivity index (χ3n) is 12.8. The second-order valence-electron chi connectivity index (χ2n) is 21.4. The van der Waals surface area contributed by atoms with E-state index in [0.717, 1.165) is 12.8 Å². The van der Waals surface area contributed by atoms with Gasteiger partial charge in [-0.05, 0) is 0 Å². The first-order chi connectivity index (χ1) is 28.3. The van der Waals surface area contributed by atoms with Crippen LogP contribution < -0.4 is 3.32 Å². The number of rotatable bonds is 6. The van der Waals surface area contributed by atoms with Gasteiger partial charge in [-0.15, -0.1) is 24.8 Å². The van der Waals surface area contributed by atoms with Crippen LogP contribution in [0.5, 0.6) is 0 Å². The van der Waals surface area contributed by atoms with E-state index in [1.165, 1.54) is 72.3 Å². The first-order valence-electron chi connectivity index (χ1n) is 22.1. The zero-order valence-electron chi connectivity index (χ0n) is 39.1. The molecule has 0 bridgehead atoms. The zero-order valence-corrected chi connectivity index (χ0v) is 44.3. The Morgan fingerprint density at radius 3 is 1.42 bits per heavy atom. The molecule has 0 fully saturated rings. The molecule has 0 aromatic heterocycles. The molecular weight excluding hydrogens is 958 g/mol. The minimum atomic E-state index is -3.40. The third-order valence-corrected chi connectivity index (χ3v) is 24.1. The van der Waals surface area contributed by atoms with Crippen molar-refractivity contribution in [1.82, 2.24) is 0 Å². The normalized spacial score (nSPS) is 13.5. The fourth-order valence-electron chi connectivity index (χ4n) is 9.44. The van der Waals surface area contributed by atoms with Gasteiger partial charge >= 0.3 is 372 Å². The number of halogens is 2.